The number of hydrogen-bond donors (Lipinski definition) is 0. The minimum Gasteiger partial charge on any atom is -0.468 e. The second-order valence-corrected chi connectivity index (χ2v) is 4.63. The van der Waals surface area contributed by atoms with Crippen LogP contribution in [-0.2, 0) is 15.3 Å². The quantitative estimate of drug-likeness (QED) is 0.702. The lowest BCUT2D eigenvalue weighted by atomic mass is 10.2. The van der Waals surface area contributed by atoms with Gasteiger partial charge in [-0.15, -0.1) is 11.8 Å². The molecule has 0 amide bonds. The predicted octanol–water partition coefficient (Wildman–Crippen LogP) is 2.71. The minimum absolute atomic E-state index is 0.153. The van der Waals surface area contributed by atoms with Crippen LogP contribution in [0.2, 0.25) is 0 Å². The van der Waals surface area contributed by atoms with Gasteiger partial charge in [0.15, 0.2) is 0 Å². The molecule has 0 aliphatic heterocycles. The number of furan rings is 1. The maximum Gasteiger partial charge on any atom is 0.315 e. The maximum absolute atomic E-state index is 11.2. The Hall–Kier alpha value is -0.900. The molecule has 15 heavy (non-hydrogen) atoms. The highest BCUT2D eigenvalue weighted by Crippen LogP contribution is 2.12. The SMILES string of the molecule is CC(C)COC(=O)CSCc1ccco1. The summed E-state index contributed by atoms with van der Waals surface area (Å²) in [6, 6.07) is 3.74. The molecule has 3 nitrogen and oxygen atoms in total. The summed E-state index contributed by atoms with van der Waals surface area (Å²) in [6.07, 6.45) is 1.63. The van der Waals surface area contributed by atoms with Crippen molar-refractivity contribution in [3.8, 4) is 0 Å². The first-order valence-corrected chi connectivity index (χ1v) is 6.09. The lowest BCUT2D eigenvalue weighted by Gasteiger charge is -2.06. The van der Waals surface area contributed by atoms with E-state index in [9.17, 15) is 4.79 Å². The van der Waals surface area contributed by atoms with Crippen LogP contribution in [0.5, 0.6) is 0 Å². The van der Waals surface area contributed by atoms with Crippen molar-refractivity contribution in [2.75, 3.05) is 12.4 Å². The lowest BCUT2D eigenvalue weighted by molar-refractivity contribution is -0.141. The van der Waals surface area contributed by atoms with E-state index in [4.69, 9.17) is 9.15 Å². The van der Waals surface area contributed by atoms with E-state index in [0.29, 0.717) is 24.0 Å². The summed E-state index contributed by atoms with van der Waals surface area (Å²) in [6.45, 7) is 4.53. The van der Waals surface area contributed by atoms with E-state index in [2.05, 4.69) is 0 Å². The molecule has 1 aromatic heterocycles. The van der Waals surface area contributed by atoms with Crippen LogP contribution in [0.25, 0.3) is 0 Å². The number of esters is 1. The van der Waals surface area contributed by atoms with Gasteiger partial charge in [0.2, 0.25) is 0 Å². The third-order valence-electron chi connectivity index (χ3n) is 1.62. The normalized spacial score (nSPS) is 10.6. The number of carbonyl (C=O) groups excluding carboxylic acids is 1. The first-order chi connectivity index (χ1) is 7.18. The molecule has 0 spiro atoms. The number of rotatable bonds is 6. The first-order valence-electron chi connectivity index (χ1n) is 4.94. The molecule has 84 valence electrons. The molecular weight excluding hydrogens is 212 g/mol. The molecule has 0 saturated carbocycles. The van der Waals surface area contributed by atoms with Gasteiger partial charge in [0.1, 0.15) is 5.76 Å². The fraction of sp³-hybridized carbons (Fsp3) is 0.545. The molecule has 0 unspecified atom stereocenters. The zero-order chi connectivity index (χ0) is 11.1. The van der Waals surface area contributed by atoms with Crippen LogP contribution in [0.4, 0.5) is 0 Å². The van der Waals surface area contributed by atoms with Crippen molar-refractivity contribution >= 4 is 17.7 Å². The fourth-order valence-corrected chi connectivity index (χ4v) is 1.65. The molecule has 1 aromatic rings. The highest BCUT2D eigenvalue weighted by atomic mass is 32.2. The zero-order valence-electron chi connectivity index (χ0n) is 9.06. The van der Waals surface area contributed by atoms with E-state index < -0.39 is 0 Å². The smallest absolute Gasteiger partial charge is 0.315 e. The highest BCUT2D eigenvalue weighted by molar-refractivity contribution is 7.99. The van der Waals surface area contributed by atoms with Gasteiger partial charge >= 0.3 is 5.97 Å². The van der Waals surface area contributed by atoms with E-state index in [1.807, 2.05) is 26.0 Å². The molecule has 0 fully saturated rings. The van der Waals surface area contributed by atoms with Crippen LogP contribution in [0.15, 0.2) is 22.8 Å². The van der Waals surface area contributed by atoms with Crippen LogP contribution in [0.1, 0.15) is 19.6 Å². The van der Waals surface area contributed by atoms with Gasteiger partial charge in [-0.2, -0.15) is 0 Å². The van der Waals surface area contributed by atoms with E-state index in [1.165, 1.54) is 11.8 Å². The second kappa shape index (κ2) is 6.56. The summed E-state index contributed by atoms with van der Waals surface area (Å²) in [5, 5.41) is 0. The van der Waals surface area contributed by atoms with Gasteiger partial charge in [-0.1, -0.05) is 13.8 Å². The minimum atomic E-state index is -0.153. The van der Waals surface area contributed by atoms with Gasteiger partial charge in [0, 0.05) is 0 Å². The molecular formula is C11H16O3S. The fourth-order valence-electron chi connectivity index (χ4n) is 0.931. The van der Waals surface area contributed by atoms with Gasteiger partial charge in [0.05, 0.1) is 24.4 Å². The van der Waals surface area contributed by atoms with Gasteiger partial charge in [-0.3, -0.25) is 4.79 Å². The Morgan fingerprint density at radius 1 is 1.60 bits per heavy atom. The summed E-state index contributed by atoms with van der Waals surface area (Å²) in [5.41, 5.74) is 0. The molecule has 0 N–H and O–H groups in total. The molecule has 4 heteroatoms. The van der Waals surface area contributed by atoms with Crippen molar-refractivity contribution in [2.45, 2.75) is 19.6 Å². The van der Waals surface area contributed by atoms with Crippen molar-refractivity contribution in [3.63, 3.8) is 0 Å². The van der Waals surface area contributed by atoms with Crippen LogP contribution in [-0.4, -0.2) is 18.3 Å². The van der Waals surface area contributed by atoms with Crippen molar-refractivity contribution < 1.29 is 13.9 Å². The lowest BCUT2D eigenvalue weighted by Crippen LogP contribution is -2.11. The molecule has 0 bridgehead atoms. The summed E-state index contributed by atoms with van der Waals surface area (Å²) < 4.78 is 10.2. The Labute approximate surface area is 94.2 Å². The first kappa shape index (κ1) is 12.2. The standard InChI is InChI=1S/C11H16O3S/c1-9(2)6-14-11(12)8-15-7-10-4-3-5-13-10/h3-5,9H,6-8H2,1-2H3. The van der Waals surface area contributed by atoms with Gasteiger partial charge in [-0.05, 0) is 18.1 Å². The average molecular weight is 228 g/mol. The van der Waals surface area contributed by atoms with Gasteiger partial charge in [-0.25, -0.2) is 0 Å². The van der Waals surface area contributed by atoms with Crippen LogP contribution in [0.3, 0.4) is 0 Å². The van der Waals surface area contributed by atoms with E-state index in [0.717, 1.165) is 5.76 Å². The summed E-state index contributed by atoms with van der Waals surface area (Å²) >= 11 is 1.50. The Morgan fingerprint density at radius 2 is 2.40 bits per heavy atom. The number of ether oxygens (including phenoxy) is 1. The third kappa shape index (κ3) is 5.52. The molecule has 0 radical (unpaired) electrons. The monoisotopic (exact) mass is 228 g/mol. The van der Waals surface area contributed by atoms with Crippen LogP contribution < -0.4 is 0 Å². The van der Waals surface area contributed by atoms with Crippen molar-refractivity contribution in [1.82, 2.24) is 0 Å². The Kier molecular flexibility index (Phi) is 5.32. The number of hydrogen-bond acceptors (Lipinski definition) is 4. The molecule has 0 aromatic carbocycles. The maximum atomic E-state index is 11.2. The molecule has 0 saturated heterocycles. The Morgan fingerprint density at radius 3 is 3.00 bits per heavy atom. The topological polar surface area (TPSA) is 39.4 Å². The Balaban J connectivity index is 2.07. The zero-order valence-corrected chi connectivity index (χ0v) is 9.88. The van der Waals surface area contributed by atoms with E-state index in [-0.39, 0.29) is 5.97 Å². The predicted molar refractivity (Wildman–Crippen MR) is 60.7 cm³/mol. The third-order valence-corrected chi connectivity index (χ3v) is 2.55. The molecule has 0 atom stereocenters. The summed E-state index contributed by atoms with van der Waals surface area (Å²) in [4.78, 5) is 11.2. The molecule has 1 rings (SSSR count). The van der Waals surface area contributed by atoms with Crippen molar-refractivity contribution in [2.24, 2.45) is 5.92 Å². The molecule has 0 aliphatic rings. The average Bonchev–Trinajstić information content (AvgIpc) is 2.67. The van der Waals surface area contributed by atoms with E-state index in [1.54, 1.807) is 6.26 Å². The summed E-state index contributed by atoms with van der Waals surface area (Å²) in [5.74, 6) is 2.22. The van der Waals surface area contributed by atoms with E-state index >= 15 is 0 Å². The molecule has 1 heterocycles. The van der Waals surface area contributed by atoms with Crippen molar-refractivity contribution in [3.05, 3.63) is 24.2 Å². The molecule has 0 aliphatic carbocycles. The Bertz CT molecular complexity index is 280. The highest BCUT2D eigenvalue weighted by Gasteiger charge is 2.05. The summed E-state index contributed by atoms with van der Waals surface area (Å²) in [7, 11) is 0. The number of carbonyl (C=O) groups is 1. The van der Waals surface area contributed by atoms with Gasteiger partial charge in [0.25, 0.3) is 0 Å². The largest absolute Gasteiger partial charge is 0.468 e. The van der Waals surface area contributed by atoms with Crippen LogP contribution >= 0.6 is 11.8 Å². The number of thioether (sulfide) groups is 1. The second-order valence-electron chi connectivity index (χ2n) is 3.65. The van der Waals surface area contributed by atoms with Crippen molar-refractivity contribution in [1.29, 1.82) is 0 Å². The van der Waals surface area contributed by atoms with Crippen LogP contribution in [0, 0.1) is 5.92 Å². The van der Waals surface area contributed by atoms with Gasteiger partial charge < -0.3 is 9.15 Å².